The van der Waals surface area contributed by atoms with E-state index in [0.717, 1.165) is 43.6 Å². The van der Waals surface area contributed by atoms with Crippen LogP contribution < -0.4 is 0 Å². The van der Waals surface area contributed by atoms with E-state index in [0.29, 0.717) is 22.2 Å². The molecule has 6 heteroatoms. The first-order valence-corrected chi connectivity index (χ1v) is 15.2. The van der Waals surface area contributed by atoms with E-state index in [1.807, 2.05) is 60.5 Å². The standard InChI is InChI=1S/C36H33Cl2N3O/c1-40(36(42)26-12-6-3-7-13-26)23-28(27-16-17-31(37)32(38)22-27)18-20-41-21-19-34-30(24-41)35(25-10-4-2-5-11-25)29-14-8-9-15-33(29)39-34/h2-17,22,28H,18-21,23-24H2,1H3. The van der Waals surface area contributed by atoms with E-state index in [1.165, 1.54) is 27.8 Å². The smallest absolute Gasteiger partial charge is 0.253 e. The van der Waals surface area contributed by atoms with E-state index in [1.54, 1.807) is 0 Å². The zero-order chi connectivity index (χ0) is 29.1. The van der Waals surface area contributed by atoms with Crippen molar-refractivity contribution in [3.05, 3.63) is 136 Å². The minimum atomic E-state index is 0.0121. The van der Waals surface area contributed by atoms with Crippen molar-refractivity contribution in [2.75, 3.05) is 26.7 Å². The molecule has 1 atom stereocenters. The molecule has 0 saturated heterocycles. The summed E-state index contributed by atoms with van der Waals surface area (Å²) in [5.41, 5.74) is 7.85. The third-order valence-electron chi connectivity index (χ3n) is 8.26. The van der Waals surface area contributed by atoms with Crippen molar-refractivity contribution in [3.8, 4) is 11.1 Å². The fraction of sp³-hybridized carbons (Fsp3) is 0.222. The molecule has 0 N–H and O–H groups in total. The molecule has 1 unspecified atom stereocenters. The number of aromatic nitrogens is 1. The molecule has 0 fully saturated rings. The fourth-order valence-electron chi connectivity index (χ4n) is 6.05. The Morgan fingerprint density at radius 1 is 0.905 bits per heavy atom. The quantitative estimate of drug-likeness (QED) is 0.181. The van der Waals surface area contributed by atoms with Gasteiger partial charge in [-0.2, -0.15) is 0 Å². The lowest BCUT2D eigenvalue weighted by molar-refractivity contribution is 0.0782. The monoisotopic (exact) mass is 593 g/mol. The van der Waals surface area contributed by atoms with Gasteiger partial charge in [-0.3, -0.25) is 14.7 Å². The number of halogens is 2. The lowest BCUT2D eigenvalue weighted by Gasteiger charge is -2.32. The van der Waals surface area contributed by atoms with Gasteiger partial charge in [0.2, 0.25) is 0 Å². The molecule has 4 aromatic carbocycles. The molecular weight excluding hydrogens is 561 g/mol. The zero-order valence-corrected chi connectivity index (χ0v) is 25.2. The predicted molar refractivity (Wildman–Crippen MR) is 173 cm³/mol. The van der Waals surface area contributed by atoms with Crippen LogP contribution in [0.4, 0.5) is 0 Å². The van der Waals surface area contributed by atoms with Crippen LogP contribution in [0.1, 0.15) is 39.5 Å². The van der Waals surface area contributed by atoms with Crippen LogP contribution in [0.3, 0.4) is 0 Å². The number of rotatable bonds is 8. The molecule has 4 nitrogen and oxygen atoms in total. The molecule has 1 aliphatic rings. The van der Waals surface area contributed by atoms with Crippen LogP contribution in [0.25, 0.3) is 22.0 Å². The van der Waals surface area contributed by atoms with Gasteiger partial charge in [-0.05, 0) is 65.6 Å². The highest BCUT2D eigenvalue weighted by molar-refractivity contribution is 6.42. The molecule has 0 bridgehead atoms. The van der Waals surface area contributed by atoms with Gasteiger partial charge in [0.05, 0.1) is 15.6 Å². The number of pyridine rings is 1. The molecule has 0 spiro atoms. The number of amides is 1. The molecule has 0 radical (unpaired) electrons. The third kappa shape index (κ3) is 6.07. The number of hydrogen-bond donors (Lipinski definition) is 0. The minimum absolute atomic E-state index is 0.0121. The van der Waals surface area contributed by atoms with Gasteiger partial charge in [0.1, 0.15) is 0 Å². The first kappa shape index (κ1) is 28.4. The lowest BCUT2D eigenvalue weighted by Crippen LogP contribution is -2.35. The van der Waals surface area contributed by atoms with Crippen molar-refractivity contribution in [2.24, 2.45) is 0 Å². The SMILES string of the molecule is CN(CC(CCN1CCc2nc3ccccc3c(-c3ccccc3)c2C1)c1ccc(Cl)c(Cl)c1)C(=O)c1ccccc1. The van der Waals surface area contributed by atoms with E-state index in [-0.39, 0.29) is 11.8 Å². The van der Waals surface area contributed by atoms with Crippen LogP contribution >= 0.6 is 23.2 Å². The average Bonchev–Trinajstić information content (AvgIpc) is 3.03. The second-order valence-electron chi connectivity index (χ2n) is 11.0. The molecular formula is C36H33Cl2N3O. The van der Waals surface area contributed by atoms with Crippen molar-refractivity contribution in [3.63, 3.8) is 0 Å². The lowest BCUT2D eigenvalue weighted by atomic mass is 9.90. The fourth-order valence-corrected chi connectivity index (χ4v) is 6.36. The molecule has 6 rings (SSSR count). The van der Waals surface area contributed by atoms with Gasteiger partial charge >= 0.3 is 0 Å². The second kappa shape index (κ2) is 12.7. The van der Waals surface area contributed by atoms with Crippen LogP contribution in [0.15, 0.2) is 103 Å². The number of likely N-dealkylation sites (N-methyl/N-ethyl adjacent to an activating group) is 1. The van der Waals surface area contributed by atoms with Crippen molar-refractivity contribution >= 4 is 40.0 Å². The largest absolute Gasteiger partial charge is 0.341 e. The summed E-state index contributed by atoms with van der Waals surface area (Å²) in [5.74, 6) is 0.111. The summed E-state index contributed by atoms with van der Waals surface area (Å²) >= 11 is 12.7. The Bertz CT molecular complexity index is 1710. The van der Waals surface area contributed by atoms with E-state index in [9.17, 15) is 4.79 Å². The molecule has 1 amide bonds. The first-order chi connectivity index (χ1) is 20.5. The number of para-hydroxylation sites is 1. The summed E-state index contributed by atoms with van der Waals surface area (Å²) in [6.45, 7) is 3.25. The molecule has 1 aliphatic heterocycles. The molecule has 212 valence electrons. The highest BCUT2D eigenvalue weighted by Gasteiger charge is 2.25. The van der Waals surface area contributed by atoms with E-state index < -0.39 is 0 Å². The summed E-state index contributed by atoms with van der Waals surface area (Å²) in [5, 5.41) is 2.27. The Morgan fingerprint density at radius 2 is 1.62 bits per heavy atom. The second-order valence-corrected chi connectivity index (χ2v) is 11.8. The maximum atomic E-state index is 13.2. The molecule has 0 aliphatic carbocycles. The van der Waals surface area contributed by atoms with Gasteiger partial charge < -0.3 is 4.90 Å². The number of nitrogens with zero attached hydrogens (tertiary/aromatic N) is 3. The first-order valence-electron chi connectivity index (χ1n) is 14.4. The maximum Gasteiger partial charge on any atom is 0.253 e. The summed E-state index contributed by atoms with van der Waals surface area (Å²) in [6.07, 6.45) is 1.78. The summed E-state index contributed by atoms with van der Waals surface area (Å²) in [4.78, 5) is 22.6. The van der Waals surface area contributed by atoms with Gasteiger partial charge in [0, 0.05) is 55.7 Å². The van der Waals surface area contributed by atoms with Crippen molar-refractivity contribution in [2.45, 2.75) is 25.3 Å². The Balaban J connectivity index is 1.26. The normalized spacial score (nSPS) is 14.0. The number of hydrogen-bond acceptors (Lipinski definition) is 3. The van der Waals surface area contributed by atoms with Crippen molar-refractivity contribution < 1.29 is 4.79 Å². The van der Waals surface area contributed by atoms with Gasteiger partial charge in [-0.15, -0.1) is 0 Å². The van der Waals surface area contributed by atoms with Crippen LogP contribution in [0.5, 0.6) is 0 Å². The maximum absolute atomic E-state index is 13.2. The summed E-state index contributed by atoms with van der Waals surface area (Å²) < 4.78 is 0. The topological polar surface area (TPSA) is 36.4 Å². The number of fused-ring (bicyclic) bond motifs is 2. The molecule has 0 saturated carbocycles. The Hall–Kier alpha value is -3.70. The molecule has 5 aromatic rings. The zero-order valence-electron chi connectivity index (χ0n) is 23.6. The Kier molecular flexibility index (Phi) is 8.57. The summed E-state index contributed by atoms with van der Waals surface area (Å²) in [7, 11) is 1.87. The highest BCUT2D eigenvalue weighted by atomic mass is 35.5. The van der Waals surface area contributed by atoms with Gasteiger partial charge in [0.25, 0.3) is 5.91 Å². The average molecular weight is 595 g/mol. The van der Waals surface area contributed by atoms with Gasteiger partial charge in [-0.25, -0.2) is 0 Å². The van der Waals surface area contributed by atoms with Gasteiger partial charge in [-0.1, -0.05) is 96.0 Å². The van der Waals surface area contributed by atoms with E-state index in [4.69, 9.17) is 28.2 Å². The van der Waals surface area contributed by atoms with Gasteiger partial charge in [0.15, 0.2) is 0 Å². The van der Waals surface area contributed by atoms with E-state index in [2.05, 4.69) is 59.5 Å². The minimum Gasteiger partial charge on any atom is -0.341 e. The number of carbonyl (C=O) groups excluding carboxylic acids is 1. The predicted octanol–water partition coefficient (Wildman–Crippen LogP) is 8.51. The molecule has 2 heterocycles. The van der Waals surface area contributed by atoms with Crippen LogP contribution in [-0.4, -0.2) is 47.4 Å². The van der Waals surface area contributed by atoms with Crippen LogP contribution in [0, 0.1) is 0 Å². The van der Waals surface area contributed by atoms with Crippen LogP contribution in [0.2, 0.25) is 10.0 Å². The Labute approximate surface area is 257 Å². The summed E-state index contributed by atoms with van der Waals surface area (Å²) in [6, 6.07) is 34.4. The van der Waals surface area contributed by atoms with Crippen LogP contribution in [-0.2, 0) is 13.0 Å². The molecule has 42 heavy (non-hydrogen) atoms. The Morgan fingerprint density at radius 3 is 2.38 bits per heavy atom. The third-order valence-corrected chi connectivity index (χ3v) is 9.00. The van der Waals surface area contributed by atoms with Crippen molar-refractivity contribution in [1.29, 1.82) is 0 Å². The van der Waals surface area contributed by atoms with E-state index >= 15 is 0 Å². The van der Waals surface area contributed by atoms with Crippen molar-refractivity contribution in [1.82, 2.24) is 14.8 Å². The number of carbonyl (C=O) groups is 1. The highest BCUT2D eigenvalue weighted by Crippen LogP contribution is 2.36. The number of benzene rings is 4. The molecule has 1 aromatic heterocycles.